The summed E-state index contributed by atoms with van der Waals surface area (Å²) in [4.78, 5) is 41.2. The van der Waals surface area contributed by atoms with E-state index in [0.717, 1.165) is 38.5 Å². The van der Waals surface area contributed by atoms with Gasteiger partial charge in [0.1, 0.15) is 23.4 Å². The minimum Gasteiger partial charge on any atom is -0.508 e. The summed E-state index contributed by atoms with van der Waals surface area (Å²) < 4.78 is 5.32. The van der Waals surface area contributed by atoms with Crippen LogP contribution in [0.4, 0.5) is 4.79 Å². The lowest BCUT2D eigenvalue weighted by Gasteiger charge is -2.34. The Morgan fingerprint density at radius 1 is 1.03 bits per heavy atom. The fourth-order valence-electron chi connectivity index (χ4n) is 4.02. The second-order valence-corrected chi connectivity index (χ2v) is 10.6. The molecule has 0 saturated carbocycles. The molecule has 3 unspecified atom stereocenters. The maximum atomic E-state index is 13.7. The monoisotopic (exact) mass is 505 g/mol. The number of carbonyl (C=O) groups is 3. The zero-order chi connectivity index (χ0) is 27.5. The second kappa shape index (κ2) is 14.7. The predicted octanol–water partition coefficient (Wildman–Crippen LogP) is 5.37. The Morgan fingerprint density at radius 2 is 1.69 bits per heavy atom. The zero-order valence-corrected chi connectivity index (χ0v) is 23.4. The molecule has 0 aliphatic rings. The number of carbonyl (C=O) groups excluding carboxylic acids is 3. The lowest BCUT2D eigenvalue weighted by molar-refractivity contribution is -0.142. The van der Waals surface area contributed by atoms with Gasteiger partial charge in [0.25, 0.3) is 0 Å². The lowest BCUT2D eigenvalue weighted by atomic mass is 9.99. The van der Waals surface area contributed by atoms with E-state index in [4.69, 9.17) is 4.74 Å². The van der Waals surface area contributed by atoms with Crippen LogP contribution in [0.15, 0.2) is 18.2 Å². The number of phenols is 1. The number of unbranched alkanes of at least 4 members (excludes halogenated alkanes) is 3. The molecule has 3 amide bonds. The van der Waals surface area contributed by atoms with Crippen LogP contribution < -0.4 is 10.6 Å². The molecule has 1 rings (SSSR count). The number of ether oxygens (including phenoxy) is 1. The van der Waals surface area contributed by atoms with Gasteiger partial charge in [-0.15, -0.1) is 0 Å². The molecule has 0 fully saturated rings. The van der Waals surface area contributed by atoms with Gasteiger partial charge >= 0.3 is 6.09 Å². The topological polar surface area (TPSA) is 108 Å². The first kappa shape index (κ1) is 31.3. The Morgan fingerprint density at radius 3 is 2.25 bits per heavy atom. The van der Waals surface area contributed by atoms with Crippen LogP contribution in [-0.4, -0.2) is 52.1 Å². The first-order valence-corrected chi connectivity index (χ1v) is 13.2. The molecule has 204 valence electrons. The van der Waals surface area contributed by atoms with E-state index >= 15 is 0 Å². The first-order valence-electron chi connectivity index (χ1n) is 13.2. The summed E-state index contributed by atoms with van der Waals surface area (Å²) >= 11 is 0. The van der Waals surface area contributed by atoms with Crippen LogP contribution in [-0.2, 0) is 14.3 Å². The van der Waals surface area contributed by atoms with Crippen molar-refractivity contribution in [2.24, 2.45) is 0 Å². The highest BCUT2D eigenvalue weighted by Crippen LogP contribution is 2.28. The highest BCUT2D eigenvalue weighted by Gasteiger charge is 2.35. The SMILES string of the molecule is CCCCCCN(C(=O)C(C)NC(=O)OC(C)(C)C)C(C(=O)NC(C)CCC)c1ccc(O)c(C)c1. The number of benzene rings is 1. The van der Waals surface area contributed by atoms with Gasteiger partial charge in [0.15, 0.2) is 0 Å². The van der Waals surface area contributed by atoms with Crippen LogP contribution in [0.25, 0.3) is 0 Å². The molecular formula is C28H47N3O5. The largest absolute Gasteiger partial charge is 0.508 e. The van der Waals surface area contributed by atoms with Crippen LogP contribution in [0.2, 0.25) is 0 Å². The second-order valence-electron chi connectivity index (χ2n) is 10.6. The summed E-state index contributed by atoms with van der Waals surface area (Å²) in [6.45, 7) is 15.1. The number of alkyl carbamates (subject to hydrolysis) is 1. The van der Waals surface area contributed by atoms with Gasteiger partial charge in [0.05, 0.1) is 0 Å². The van der Waals surface area contributed by atoms with Gasteiger partial charge in [-0.25, -0.2) is 4.79 Å². The highest BCUT2D eigenvalue weighted by atomic mass is 16.6. The van der Waals surface area contributed by atoms with Crippen molar-refractivity contribution in [1.82, 2.24) is 15.5 Å². The van der Waals surface area contributed by atoms with Gasteiger partial charge in [-0.05, 0) is 77.6 Å². The van der Waals surface area contributed by atoms with E-state index in [0.29, 0.717) is 17.7 Å². The lowest BCUT2D eigenvalue weighted by Crippen LogP contribution is -2.52. The molecule has 3 N–H and O–H groups in total. The molecule has 0 aliphatic heterocycles. The summed E-state index contributed by atoms with van der Waals surface area (Å²) in [5.74, 6) is -0.529. The van der Waals surface area contributed by atoms with Gasteiger partial charge in [0, 0.05) is 12.6 Å². The van der Waals surface area contributed by atoms with Crippen LogP contribution >= 0.6 is 0 Å². The summed E-state index contributed by atoms with van der Waals surface area (Å²) in [5.41, 5.74) is 0.527. The highest BCUT2D eigenvalue weighted by molar-refractivity contribution is 5.92. The van der Waals surface area contributed by atoms with Crippen LogP contribution in [0.5, 0.6) is 5.75 Å². The number of hydrogen-bond donors (Lipinski definition) is 3. The van der Waals surface area contributed by atoms with Gasteiger partial charge in [-0.1, -0.05) is 45.6 Å². The molecule has 1 aromatic rings. The number of rotatable bonds is 13. The quantitative estimate of drug-likeness (QED) is 0.312. The van der Waals surface area contributed by atoms with E-state index < -0.39 is 23.8 Å². The number of nitrogens with one attached hydrogen (secondary N) is 2. The molecule has 1 aromatic carbocycles. The van der Waals surface area contributed by atoms with E-state index in [2.05, 4.69) is 24.5 Å². The molecule has 0 saturated heterocycles. The molecular weight excluding hydrogens is 458 g/mol. The fraction of sp³-hybridized carbons (Fsp3) is 0.679. The van der Waals surface area contributed by atoms with Crippen molar-refractivity contribution >= 4 is 17.9 Å². The Balaban J connectivity index is 3.37. The maximum absolute atomic E-state index is 13.7. The van der Waals surface area contributed by atoms with E-state index in [9.17, 15) is 19.5 Å². The Labute approximate surface area is 217 Å². The van der Waals surface area contributed by atoms with E-state index in [1.54, 1.807) is 57.7 Å². The number of hydrogen-bond acceptors (Lipinski definition) is 5. The van der Waals surface area contributed by atoms with E-state index in [1.807, 2.05) is 6.92 Å². The van der Waals surface area contributed by atoms with Crippen molar-refractivity contribution < 1.29 is 24.2 Å². The summed E-state index contributed by atoms with van der Waals surface area (Å²) in [5, 5.41) is 15.7. The fourth-order valence-corrected chi connectivity index (χ4v) is 4.02. The van der Waals surface area contributed by atoms with Crippen molar-refractivity contribution in [3.05, 3.63) is 29.3 Å². The molecule has 3 atom stereocenters. The average molecular weight is 506 g/mol. The predicted molar refractivity (Wildman–Crippen MR) is 143 cm³/mol. The van der Waals surface area contributed by atoms with Gasteiger partial charge in [0.2, 0.25) is 11.8 Å². The van der Waals surface area contributed by atoms with Crippen molar-refractivity contribution in [2.75, 3.05) is 6.54 Å². The normalized spacial score (nSPS) is 13.9. The van der Waals surface area contributed by atoms with Gasteiger partial charge in [-0.2, -0.15) is 0 Å². The standard InChI is InChI=1S/C28H47N3O5/c1-9-11-12-13-17-31(26(34)21(5)30-27(35)36-28(6,7)8)24(25(33)29-20(4)14-10-2)22-15-16-23(32)19(3)18-22/h15-16,18,20-21,24,32H,9-14,17H2,1-8H3,(H,29,33)(H,30,35). The van der Waals surface area contributed by atoms with Crippen LogP contribution in [0, 0.1) is 6.92 Å². The smallest absolute Gasteiger partial charge is 0.408 e. The summed E-state index contributed by atoms with van der Waals surface area (Å²) in [7, 11) is 0. The van der Waals surface area contributed by atoms with E-state index in [1.165, 1.54) is 0 Å². The van der Waals surface area contributed by atoms with Crippen molar-refractivity contribution in [1.29, 1.82) is 0 Å². The molecule has 36 heavy (non-hydrogen) atoms. The molecule has 0 aromatic heterocycles. The molecule has 8 heteroatoms. The minimum absolute atomic E-state index is 0.0578. The molecule has 0 aliphatic carbocycles. The van der Waals surface area contributed by atoms with Crippen LogP contribution in [0.3, 0.4) is 0 Å². The number of amides is 3. The molecule has 0 spiro atoms. The maximum Gasteiger partial charge on any atom is 0.408 e. The third-order valence-corrected chi connectivity index (χ3v) is 5.85. The summed E-state index contributed by atoms with van der Waals surface area (Å²) in [6.07, 6.45) is 4.76. The Bertz CT molecular complexity index is 865. The number of nitrogens with zero attached hydrogens (tertiary/aromatic N) is 1. The molecule has 0 radical (unpaired) electrons. The van der Waals surface area contributed by atoms with Gasteiger partial charge in [-0.3, -0.25) is 9.59 Å². The molecule has 0 heterocycles. The van der Waals surface area contributed by atoms with Crippen molar-refractivity contribution in [3.63, 3.8) is 0 Å². The van der Waals surface area contributed by atoms with Crippen molar-refractivity contribution in [2.45, 2.75) is 118 Å². The summed E-state index contributed by atoms with van der Waals surface area (Å²) in [6, 6.07) is 3.10. The number of phenolic OH excluding ortho intramolecular Hbond substituents is 1. The van der Waals surface area contributed by atoms with Crippen LogP contribution in [0.1, 0.15) is 104 Å². The Hall–Kier alpha value is -2.77. The zero-order valence-electron chi connectivity index (χ0n) is 23.4. The number of aromatic hydroxyl groups is 1. The first-order chi connectivity index (χ1) is 16.8. The molecule has 8 nitrogen and oxygen atoms in total. The number of aryl methyl sites for hydroxylation is 1. The minimum atomic E-state index is -0.902. The Kier molecular flexibility index (Phi) is 12.8. The average Bonchev–Trinajstić information content (AvgIpc) is 2.76. The third kappa shape index (κ3) is 10.5. The van der Waals surface area contributed by atoms with E-state index in [-0.39, 0.29) is 23.6 Å². The molecule has 0 bridgehead atoms. The third-order valence-electron chi connectivity index (χ3n) is 5.85. The van der Waals surface area contributed by atoms with Crippen molar-refractivity contribution in [3.8, 4) is 5.75 Å². The van der Waals surface area contributed by atoms with Gasteiger partial charge < -0.3 is 25.4 Å².